The van der Waals surface area contributed by atoms with E-state index in [0.29, 0.717) is 41.4 Å². The van der Waals surface area contributed by atoms with Gasteiger partial charge in [-0.05, 0) is 62.2 Å². The first-order valence-corrected chi connectivity index (χ1v) is 14.9. The lowest BCUT2D eigenvalue weighted by atomic mass is 9.83. The van der Waals surface area contributed by atoms with Crippen LogP contribution in [0.2, 0.25) is 0 Å². The standard InChI is InChI=1S/C16H26.C12H20.C9H14O/c1-5-13(2)15(4)14(3)11-12-16-9-7-6-8-10-16;1-7-10(4)12(6)11(5)8-9(2)3;1-5-7(2)9(4)8(3)6-10/h1,11-16H,6-10H2,2-4H3;1,8,10-12H,2-6H3;1,6-9H,2-4H3/b12-11+;;/t13-,14-,15-;10-,11-,12-;7-,8-,9-/m000/s1. The summed E-state index contributed by atoms with van der Waals surface area (Å²) in [5.41, 5.74) is 1.37. The van der Waals surface area contributed by atoms with Gasteiger partial charge in [-0.3, -0.25) is 0 Å². The van der Waals surface area contributed by atoms with Crippen LogP contribution < -0.4 is 0 Å². The summed E-state index contributed by atoms with van der Waals surface area (Å²) in [6.07, 6.45) is 31.2. The fraction of sp³-hybridized carbons (Fsp3) is 0.703. The lowest BCUT2D eigenvalue weighted by molar-refractivity contribution is -0.112. The zero-order chi connectivity index (χ0) is 29.8. The van der Waals surface area contributed by atoms with Gasteiger partial charge in [0.05, 0.1) is 0 Å². The molecule has 214 valence electrons. The van der Waals surface area contributed by atoms with Crippen LogP contribution in [-0.4, -0.2) is 6.29 Å². The highest BCUT2D eigenvalue weighted by Crippen LogP contribution is 2.27. The molecule has 0 N–H and O–H groups in total. The molecule has 0 amide bonds. The number of carbonyl (C=O) groups is 1. The lowest BCUT2D eigenvalue weighted by Crippen LogP contribution is -2.15. The van der Waals surface area contributed by atoms with Gasteiger partial charge in [0.25, 0.3) is 0 Å². The highest BCUT2D eigenvalue weighted by molar-refractivity contribution is 5.53. The smallest absolute Gasteiger partial charge is 0.123 e. The van der Waals surface area contributed by atoms with Crippen molar-refractivity contribution < 1.29 is 4.79 Å². The molecule has 1 rings (SSSR count). The molecule has 1 aliphatic rings. The first kappa shape index (κ1) is 38.0. The van der Waals surface area contributed by atoms with Gasteiger partial charge < -0.3 is 4.79 Å². The number of carbonyl (C=O) groups excluding carboxylic acids is 1. The Kier molecular flexibility index (Phi) is 21.7. The summed E-state index contributed by atoms with van der Waals surface area (Å²) >= 11 is 0. The summed E-state index contributed by atoms with van der Waals surface area (Å²) in [7, 11) is 0. The number of aldehydes is 1. The Morgan fingerprint density at radius 3 is 1.42 bits per heavy atom. The number of terminal acetylenes is 3. The molecule has 0 radical (unpaired) electrons. The Hall–Kier alpha value is -2.17. The maximum atomic E-state index is 10.3. The number of hydrogen-bond donors (Lipinski definition) is 0. The van der Waals surface area contributed by atoms with Crippen molar-refractivity contribution in [1.82, 2.24) is 0 Å². The van der Waals surface area contributed by atoms with Crippen LogP contribution in [-0.2, 0) is 4.79 Å². The summed E-state index contributed by atoms with van der Waals surface area (Å²) in [6.45, 7) is 23.4. The molecule has 1 aliphatic carbocycles. The van der Waals surface area contributed by atoms with Gasteiger partial charge in [0.15, 0.2) is 0 Å². The Morgan fingerprint density at radius 2 is 1.05 bits per heavy atom. The van der Waals surface area contributed by atoms with E-state index in [1.807, 2.05) is 20.8 Å². The van der Waals surface area contributed by atoms with Crippen LogP contribution in [0.15, 0.2) is 23.8 Å². The van der Waals surface area contributed by atoms with Crippen molar-refractivity contribution in [3.05, 3.63) is 23.8 Å². The van der Waals surface area contributed by atoms with Crippen LogP contribution in [0.4, 0.5) is 0 Å². The first-order valence-electron chi connectivity index (χ1n) is 14.9. The van der Waals surface area contributed by atoms with Crippen molar-refractivity contribution >= 4 is 6.29 Å². The fourth-order valence-electron chi connectivity index (χ4n) is 4.46. The van der Waals surface area contributed by atoms with E-state index in [0.717, 1.165) is 12.2 Å². The largest absolute Gasteiger partial charge is 0.303 e. The average molecular weight is 521 g/mol. The van der Waals surface area contributed by atoms with E-state index < -0.39 is 0 Å². The second-order valence-corrected chi connectivity index (χ2v) is 12.2. The molecular weight excluding hydrogens is 460 g/mol. The molecule has 1 heteroatoms. The SMILES string of the molecule is C#C[C@H](C)[C@H](C)[C@@H](C)/C=C/C1CCCCC1.C#C[C@H](C)[C@H](C)[C@@H](C)C=C(C)C.C#C[C@H](C)[C@H](C)[C@@H](C)C=O. The molecule has 0 aromatic rings. The molecule has 0 aromatic heterocycles. The van der Waals surface area contributed by atoms with E-state index in [2.05, 4.69) is 91.4 Å². The number of rotatable bonds is 10. The van der Waals surface area contributed by atoms with Gasteiger partial charge in [-0.25, -0.2) is 0 Å². The Balaban J connectivity index is 0. The van der Waals surface area contributed by atoms with Crippen molar-refractivity contribution in [1.29, 1.82) is 0 Å². The second-order valence-electron chi connectivity index (χ2n) is 12.2. The van der Waals surface area contributed by atoms with E-state index in [-0.39, 0.29) is 11.8 Å². The van der Waals surface area contributed by atoms with Gasteiger partial charge in [-0.1, -0.05) is 105 Å². The van der Waals surface area contributed by atoms with Gasteiger partial charge in [0.2, 0.25) is 0 Å². The van der Waals surface area contributed by atoms with Crippen LogP contribution in [0.1, 0.15) is 108 Å². The maximum absolute atomic E-state index is 10.3. The van der Waals surface area contributed by atoms with Crippen LogP contribution in [0.25, 0.3) is 0 Å². The molecule has 0 unspecified atom stereocenters. The second kappa shape index (κ2) is 21.7. The predicted molar refractivity (Wildman–Crippen MR) is 170 cm³/mol. The van der Waals surface area contributed by atoms with E-state index in [4.69, 9.17) is 19.3 Å². The topological polar surface area (TPSA) is 17.1 Å². The molecule has 0 aliphatic heterocycles. The minimum atomic E-state index is 0.0750. The Labute approximate surface area is 239 Å². The van der Waals surface area contributed by atoms with Gasteiger partial charge in [-0.2, -0.15) is 0 Å². The Bertz CT molecular complexity index is 799. The highest BCUT2D eigenvalue weighted by Gasteiger charge is 2.17. The van der Waals surface area contributed by atoms with Crippen molar-refractivity contribution in [2.45, 2.75) is 108 Å². The molecule has 1 nitrogen and oxygen atoms in total. The fourth-order valence-corrected chi connectivity index (χ4v) is 4.46. The molecule has 38 heavy (non-hydrogen) atoms. The van der Waals surface area contributed by atoms with E-state index >= 15 is 0 Å². The maximum Gasteiger partial charge on any atom is 0.123 e. The lowest BCUT2D eigenvalue weighted by Gasteiger charge is -2.22. The third-order valence-corrected chi connectivity index (χ3v) is 8.79. The van der Waals surface area contributed by atoms with E-state index in [1.54, 1.807) is 0 Å². The van der Waals surface area contributed by atoms with Crippen molar-refractivity contribution in [3.63, 3.8) is 0 Å². The van der Waals surface area contributed by atoms with Crippen LogP contribution in [0.3, 0.4) is 0 Å². The minimum absolute atomic E-state index is 0.0750. The number of allylic oxidation sites excluding steroid dienone is 4. The normalized spacial score (nSPS) is 20.4. The predicted octanol–water partition coefficient (Wildman–Crippen LogP) is 9.89. The van der Waals surface area contributed by atoms with Gasteiger partial charge in [0, 0.05) is 23.7 Å². The quantitative estimate of drug-likeness (QED) is 0.159. The molecule has 0 bridgehead atoms. The van der Waals surface area contributed by atoms with Crippen LogP contribution in [0.5, 0.6) is 0 Å². The van der Waals surface area contributed by atoms with Crippen molar-refractivity contribution in [2.24, 2.45) is 59.2 Å². The third-order valence-electron chi connectivity index (χ3n) is 8.79. The molecule has 0 spiro atoms. The summed E-state index contributed by atoms with van der Waals surface area (Å²) in [6, 6.07) is 0. The van der Waals surface area contributed by atoms with Gasteiger partial charge in [0.1, 0.15) is 6.29 Å². The number of hydrogen-bond acceptors (Lipinski definition) is 1. The zero-order valence-electron chi connectivity index (χ0n) is 26.8. The van der Waals surface area contributed by atoms with Crippen LogP contribution >= 0.6 is 0 Å². The summed E-state index contributed by atoms with van der Waals surface area (Å²) in [4.78, 5) is 10.3. The van der Waals surface area contributed by atoms with Crippen molar-refractivity contribution in [2.75, 3.05) is 0 Å². The highest BCUT2D eigenvalue weighted by atomic mass is 16.1. The molecule has 0 saturated heterocycles. The third kappa shape index (κ3) is 16.6. The van der Waals surface area contributed by atoms with E-state index in [9.17, 15) is 4.79 Å². The molecule has 1 fully saturated rings. The first-order chi connectivity index (χ1) is 17.8. The van der Waals surface area contributed by atoms with Crippen LogP contribution in [0, 0.1) is 96.2 Å². The zero-order valence-corrected chi connectivity index (χ0v) is 26.8. The molecule has 0 aromatic carbocycles. The summed E-state index contributed by atoms with van der Waals surface area (Å²) in [5.74, 6) is 12.8. The Morgan fingerprint density at radius 1 is 0.658 bits per heavy atom. The summed E-state index contributed by atoms with van der Waals surface area (Å²) in [5, 5.41) is 0. The van der Waals surface area contributed by atoms with Gasteiger partial charge in [-0.15, -0.1) is 37.0 Å². The summed E-state index contributed by atoms with van der Waals surface area (Å²) < 4.78 is 0. The average Bonchev–Trinajstić information content (AvgIpc) is 2.93. The molecule has 1 saturated carbocycles. The van der Waals surface area contributed by atoms with Crippen molar-refractivity contribution in [3.8, 4) is 37.0 Å². The van der Waals surface area contributed by atoms with E-state index in [1.165, 1.54) is 37.7 Å². The molecular formula is C37H60O. The minimum Gasteiger partial charge on any atom is -0.303 e. The molecule has 0 heterocycles. The monoisotopic (exact) mass is 520 g/mol. The van der Waals surface area contributed by atoms with Gasteiger partial charge >= 0.3 is 0 Å². The molecule has 9 atom stereocenters.